The lowest BCUT2D eigenvalue weighted by atomic mass is 9.61. The summed E-state index contributed by atoms with van der Waals surface area (Å²) in [5, 5.41) is 0. The van der Waals surface area contributed by atoms with Crippen molar-refractivity contribution in [2.45, 2.75) is 325 Å². The Balaban J connectivity index is 1.90. The van der Waals surface area contributed by atoms with Crippen molar-refractivity contribution in [1.29, 1.82) is 0 Å². The normalized spacial score (nSPS) is 21.7. The Hall–Kier alpha value is -2.12. The highest BCUT2D eigenvalue weighted by atomic mass is 16.6. The lowest BCUT2D eigenvalue weighted by molar-refractivity contribution is -0.198. The van der Waals surface area contributed by atoms with E-state index in [0.717, 1.165) is 128 Å². The molecule has 3 atom stereocenters. The molecule has 0 heterocycles. The van der Waals surface area contributed by atoms with Crippen LogP contribution in [0, 0.1) is 45.3 Å². The first-order chi connectivity index (χ1) is 33.1. The SMILES string of the molecule is CCC(C)(CC(C)(CC(C)(CC(C)(C)C(=O)OC(CC)(CC)C1CCCCC1)C(=O)OC(CC)(CC)C1CCCCC1)C(=O)OC(CC)(CC)C1CCCCC1)C(=O)OC(CC)(CC)C1CCCCC1. The van der Waals surface area contributed by atoms with E-state index in [-0.39, 0.29) is 55.0 Å². The average Bonchev–Trinajstić information content (AvgIpc) is 3.38. The number of esters is 4. The van der Waals surface area contributed by atoms with Crippen LogP contribution in [-0.2, 0) is 38.1 Å². The molecular weight excluding hydrogens is 873 g/mol. The Morgan fingerprint density at radius 1 is 0.300 bits per heavy atom. The number of hydrogen-bond acceptors (Lipinski definition) is 8. The van der Waals surface area contributed by atoms with Gasteiger partial charge in [-0.05, 0) is 187 Å². The monoisotopic (exact) mass is 983 g/mol. The Morgan fingerprint density at radius 3 is 0.757 bits per heavy atom. The van der Waals surface area contributed by atoms with Gasteiger partial charge in [0.05, 0.1) is 21.7 Å². The van der Waals surface area contributed by atoms with Crippen molar-refractivity contribution in [3.8, 4) is 0 Å². The summed E-state index contributed by atoms with van der Waals surface area (Å²) >= 11 is 0. The van der Waals surface area contributed by atoms with Crippen LogP contribution in [0.4, 0.5) is 0 Å². The van der Waals surface area contributed by atoms with Gasteiger partial charge in [0.2, 0.25) is 0 Å². The largest absolute Gasteiger partial charge is 0.458 e. The minimum absolute atomic E-state index is 0.0459. The van der Waals surface area contributed by atoms with Crippen LogP contribution in [0.5, 0.6) is 0 Å². The third-order valence-electron chi connectivity index (χ3n) is 20.6. The molecule has 4 aliphatic rings. The van der Waals surface area contributed by atoms with Gasteiger partial charge < -0.3 is 18.9 Å². The molecule has 0 N–H and O–H groups in total. The van der Waals surface area contributed by atoms with Crippen LogP contribution in [0.25, 0.3) is 0 Å². The van der Waals surface area contributed by atoms with Gasteiger partial charge in [0, 0.05) is 0 Å². The minimum atomic E-state index is -1.35. The Kier molecular flexibility index (Phi) is 22.4. The third kappa shape index (κ3) is 13.6. The van der Waals surface area contributed by atoms with Gasteiger partial charge in [0.25, 0.3) is 0 Å². The van der Waals surface area contributed by atoms with Crippen LogP contribution in [0.2, 0.25) is 0 Å². The summed E-state index contributed by atoms with van der Waals surface area (Å²) in [7, 11) is 0. The van der Waals surface area contributed by atoms with Gasteiger partial charge in [-0.1, -0.05) is 139 Å². The number of carbonyl (C=O) groups excluding carboxylic acids is 4. The second-order valence-electron chi connectivity index (χ2n) is 25.4. The first kappa shape index (κ1) is 60.4. The van der Waals surface area contributed by atoms with Gasteiger partial charge in [0.15, 0.2) is 0 Å². The summed E-state index contributed by atoms with van der Waals surface area (Å²) in [5.41, 5.74) is -7.42. The van der Waals surface area contributed by atoms with Gasteiger partial charge in [-0.25, -0.2) is 0 Å². The minimum Gasteiger partial charge on any atom is -0.458 e. The zero-order chi connectivity index (χ0) is 52.1. The topological polar surface area (TPSA) is 105 Å². The molecule has 0 aromatic heterocycles. The van der Waals surface area contributed by atoms with E-state index in [1.54, 1.807) is 0 Å². The molecule has 8 heteroatoms. The van der Waals surface area contributed by atoms with Gasteiger partial charge >= 0.3 is 23.9 Å². The second kappa shape index (κ2) is 25.9. The fourth-order valence-corrected chi connectivity index (χ4v) is 15.5. The molecule has 3 unspecified atom stereocenters. The molecule has 0 aromatic carbocycles. The maximum Gasteiger partial charge on any atom is 0.312 e. The molecule has 0 aromatic rings. The van der Waals surface area contributed by atoms with E-state index in [0.29, 0.717) is 43.9 Å². The van der Waals surface area contributed by atoms with E-state index in [1.165, 1.54) is 25.7 Å². The first-order valence-electron chi connectivity index (χ1n) is 30.0. The zero-order valence-electron chi connectivity index (χ0n) is 48.2. The molecule has 0 bridgehead atoms. The summed E-state index contributed by atoms with van der Waals surface area (Å²) in [6, 6.07) is 0. The number of ether oxygens (including phenoxy) is 4. The molecule has 4 aliphatic carbocycles. The van der Waals surface area contributed by atoms with Gasteiger partial charge in [-0.2, -0.15) is 0 Å². The van der Waals surface area contributed by atoms with Crippen molar-refractivity contribution in [3.63, 3.8) is 0 Å². The van der Waals surface area contributed by atoms with Gasteiger partial charge in [-0.15, -0.1) is 0 Å². The molecule has 0 radical (unpaired) electrons. The van der Waals surface area contributed by atoms with Crippen molar-refractivity contribution in [3.05, 3.63) is 0 Å². The molecule has 70 heavy (non-hydrogen) atoms. The average molecular weight is 984 g/mol. The van der Waals surface area contributed by atoms with Crippen molar-refractivity contribution < 1.29 is 38.1 Å². The molecule has 8 nitrogen and oxygen atoms in total. The summed E-state index contributed by atoms with van der Waals surface area (Å²) < 4.78 is 28.0. The summed E-state index contributed by atoms with van der Waals surface area (Å²) in [6.07, 6.45) is 28.5. The third-order valence-corrected chi connectivity index (χ3v) is 20.6. The highest BCUT2D eigenvalue weighted by Gasteiger charge is 2.58. The quantitative estimate of drug-likeness (QED) is 0.0592. The van der Waals surface area contributed by atoms with Crippen molar-refractivity contribution >= 4 is 23.9 Å². The predicted molar refractivity (Wildman–Crippen MR) is 286 cm³/mol. The lowest BCUT2D eigenvalue weighted by Gasteiger charge is -2.49. The summed E-state index contributed by atoms with van der Waals surface area (Å²) in [5.74, 6) is -0.262. The summed E-state index contributed by atoms with van der Waals surface area (Å²) in [6.45, 7) is 28.9. The molecular formula is C62H110O8. The van der Waals surface area contributed by atoms with Crippen LogP contribution in [0.15, 0.2) is 0 Å². The number of rotatable bonds is 27. The Bertz CT molecular complexity index is 1630. The maximum atomic E-state index is 16.0. The van der Waals surface area contributed by atoms with E-state index in [1.807, 2.05) is 41.5 Å². The van der Waals surface area contributed by atoms with E-state index in [9.17, 15) is 0 Å². The second-order valence-corrected chi connectivity index (χ2v) is 25.4. The van der Waals surface area contributed by atoms with E-state index in [2.05, 4.69) is 55.4 Å². The molecule has 4 fully saturated rings. The molecule has 0 saturated heterocycles. The summed E-state index contributed by atoms with van der Waals surface area (Å²) in [4.78, 5) is 62.2. The standard InChI is InChI=1S/C62H110O8/c1-15-56(12,52(64)68-60(18-4,19-5)48-38-30-25-31-39-48)45-58(14,54(66)70-62(22-8,23-9)50-42-34-27-35-43-50)46-57(13,53(65)69-61(20-6,21-7)49-40-32-26-33-41-49)44-55(10,11)51(63)67-59(16-2,17-3)47-36-28-24-29-37-47/h47-50H,15-46H2,1-14H3. The van der Waals surface area contributed by atoms with Crippen molar-refractivity contribution in [1.82, 2.24) is 0 Å². The number of hydrogen-bond donors (Lipinski definition) is 0. The van der Waals surface area contributed by atoms with Gasteiger partial charge in [0.1, 0.15) is 22.4 Å². The highest BCUT2D eigenvalue weighted by molar-refractivity contribution is 5.84. The highest BCUT2D eigenvalue weighted by Crippen LogP contribution is 2.54. The number of carbonyl (C=O) groups is 4. The lowest BCUT2D eigenvalue weighted by Crippen LogP contribution is -2.53. The van der Waals surface area contributed by atoms with Crippen molar-refractivity contribution in [2.24, 2.45) is 45.3 Å². The molecule has 406 valence electrons. The predicted octanol–water partition coefficient (Wildman–Crippen LogP) is 17.3. The molecule has 0 spiro atoms. The molecule has 4 rings (SSSR count). The van der Waals surface area contributed by atoms with E-state index >= 15 is 19.2 Å². The molecule has 0 amide bonds. The van der Waals surface area contributed by atoms with Crippen LogP contribution in [0.1, 0.15) is 302 Å². The smallest absolute Gasteiger partial charge is 0.312 e. The molecule has 4 saturated carbocycles. The van der Waals surface area contributed by atoms with Gasteiger partial charge in [-0.3, -0.25) is 19.2 Å². The van der Waals surface area contributed by atoms with E-state index < -0.39 is 44.1 Å². The van der Waals surface area contributed by atoms with Crippen LogP contribution in [-0.4, -0.2) is 46.3 Å². The maximum absolute atomic E-state index is 16.0. The van der Waals surface area contributed by atoms with Crippen molar-refractivity contribution in [2.75, 3.05) is 0 Å². The van der Waals surface area contributed by atoms with Crippen LogP contribution >= 0.6 is 0 Å². The van der Waals surface area contributed by atoms with Crippen LogP contribution in [0.3, 0.4) is 0 Å². The zero-order valence-corrected chi connectivity index (χ0v) is 48.2. The fraction of sp³-hybridized carbons (Fsp3) is 0.935. The van der Waals surface area contributed by atoms with E-state index in [4.69, 9.17) is 18.9 Å². The molecule has 0 aliphatic heterocycles. The van der Waals surface area contributed by atoms with Crippen LogP contribution < -0.4 is 0 Å². The Morgan fingerprint density at radius 2 is 0.514 bits per heavy atom. The fourth-order valence-electron chi connectivity index (χ4n) is 15.5. The first-order valence-corrected chi connectivity index (χ1v) is 30.0. The Labute approximate surface area is 430 Å².